The van der Waals surface area contributed by atoms with E-state index in [9.17, 15) is 4.79 Å². The number of primary amides is 1. The second-order valence-electron chi connectivity index (χ2n) is 8.01. The van der Waals surface area contributed by atoms with E-state index in [1.54, 1.807) is 0 Å². The second-order valence-corrected chi connectivity index (χ2v) is 8.01. The molecule has 0 heterocycles. The van der Waals surface area contributed by atoms with Crippen molar-refractivity contribution in [2.75, 3.05) is 0 Å². The van der Waals surface area contributed by atoms with Crippen LogP contribution in [0.3, 0.4) is 0 Å². The quantitative estimate of drug-likeness (QED) is 0.459. The number of unbranched alkanes of at least 4 members (excludes halogenated alkanes) is 1. The minimum atomic E-state index is -0.0935. The highest BCUT2D eigenvalue weighted by Gasteiger charge is 2.22. The Morgan fingerprint density at radius 1 is 0.818 bits per heavy atom. The predicted octanol–water partition coefficient (Wildman–Crippen LogP) is 5.79. The molecule has 0 aliphatic carbocycles. The van der Waals surface area contributed by atoms with Gasteiger partial charge in [0, 0.05) is 5.92 Å². The summed E-state index contributed by atoms with van der Waals surface area (Å²) >= 11 is 0. The van der Waals surface area contributed by atoms with Gasteiger partial charge in [0.2, 0.25) is 5.91 Å². The van der Waals surface area contributed by atoms with E-state index in [2.05, 4.69) is 41.5 Å². The standard InChI is InChI=1S/C20H41NO/c1-7-9-10-16(4)12-18(6)14-19(20(21)22)13-17(5)11-15(3)8-2/h15-19H,7-14H2,1-6H3,(H2,21,22). The Morgan fingerprint density at radius 2 is 1.32 bits per heavy atom. The van der Waals surface area contributed by atoms with Crippen molar-refractivity contribution < 1.29 is 4.79 Å². The zero-order chi connectivity index (χ0) is 17.1. The van der Waals surface area contributed by atoms with Gasteiger partial charge in [0.05, 0.1) is 0 Å². The number of rotatable bonds is 13. The Hall–Kier alpha value is -0.530. The Balaban J connectivity index is 4.30. The molecule has 5 atom stereocenters. The molecule has 0 saturated carbocycles. The molecule has 0 aromatic heterocycles. The third kappa shape index (κ3) is 10.2. The van der Waals surface area contributed by atoms with E-state index >= 15 is 0 Å². The maximum Gasteiger partial charge on any atom is 0.220 e. The highest BCUT2D eigenvalue weighted by molar-refractivity contribution is 5.76. The van der Waals surface area contributed by atoms with Gasteiger partial charge >= 0.3 is 0 Å². The smallest absolute Gasteiger partial charge is 0.220 e. The van der Waals surface area contributed by atoms with Gasteiger partial charge in [-0.15, -0.1) is 0 Å². The van der Waals surface area contributed by atoms with Crippen molar-refractivity contribution in [2.24, 2.45) is 35.3 Å². The Labute approximate surface area is 139 Å². The molecule has 0 aliphatic rings. The molecule has 0 aromatic carbocycles. The van der Waals surface area contributed by atoms with Gasteiger partial charge < -0.3 is 5.73 Å². The molecule has 0 spiro atoms. The molecule has 0 fully saturated rings. The fraction of sp³-hybridized carbons (Fsp3) is 0.950. The van der Waals surface area contributed by atoms with Crippen LogP contribution in [-0.4, -0.2) is 5.91 Å². The van der Waals surface area contributed by atoms with Gasteiger partial charge in [-0.3, -0.25) is 4.79 Å². The maximum absolute atomic E-state index is 11.8. The van der Waals surface area contributed by atoms with Crippen LogP contribution in [0, 0.1) is 29.6 Å². The van der Waals surface area contributed by atoms with Crippen molar-refractivity contribution >= 4 is 5.91 Å². The Morgan fingerprint density at radius 3 is 1.73 bits per heavy atom. The number of nitrogens with two attached hydrogens (primary N) is 1. The molecule has 2 N–H and O–H groups in total. The van der Waals surface area contributed by atoms with Crippen LogP contribution in [0.1, 0.15) is 92.9 Å². The zero-order valence-electron chi connectivity index (χ0n) is 16.0. The van der Waals surface area contributed by atoms with Crippen LogP contribution in [0.2, 0.25) is 0 Å². The summed E-state index contributed by atoms with van der Waals surface area (Å²) < 4.78 is 0. The Kier molecular flexibility index (Phi) is 11.7. The highest BCUT2D eigenvalue weighted by atomic mass is 16.1. The molecule has 0 saturated heterocycles. The molecule has 5 unspecified atom stereocenters. The first-order valence-electron chi connectivity index (χ1n) is 9.59. The SMILES string of the molecule is CCCCC(C)CC(C)CC(CC(C)CC(C)CC)C(N)=O. The monoisotopic (exact) mass is 311 g/mol. The van der Waals surface area contributed by atoms with Gasteiger partial charge in [-0.25, -0.2) is 0 Å². The Bertz CT molecular complexity index is 289. The number of hydrogen-bond donors (Lipinski definition) is 1. The summed E-state index contributed by atoms with van der Waals surface area (Å²) in [5.41, 5.74) is 5.67. The molecule has 0 bridgehead atoms. The first-order chi connectivity index (χ1) is 10.3. The summed E-state index contributed by atoms with van der Waals surface area (Å²) in [4.78, 5) is 11.8. The molecule has 0 aliphatic heterocycles. The molecule has 0 rings (SSSR count). The van der Waals surface area contributed by atoms with E-state index in [-0.39, 0.29) is 11.8 Å². The molecular formula is C20H41NO. The van der Waals surface area contributed by atoms with E-state index in [1.807, 2.05) is 0 Å². The largest absolute Gasteiger partial charge is 0.369 e. The number of hydrogen-bond acceptors (Lipinski definition) is 1. The van der Waals surface area contributed by atoms with Gasteiger partial charge in [-0.05, 0) is 49.4 Å². The number of carbonyl (C=O) groups is 1. The molecule has 1 amide bonds. The first kappa shape index (κ1) is 21.5. The summed E-state index contributed by atoms with van der Waals surface area (Å²) in [5, 5.41) is 0. The summed E-state index contributed by atoms with van der Waals surface area (Å²) in [6.07, 6.45) is 9.49. The minimum Gasteiger partial charge on any atom is -0.369 e. The molecule has 2 heteroatoms. The predicted molar refractivity (Wildman–Crippen MR) is 97.6 cm³/mol. The van der Waals surface area contributed by atoms with Crippen LogP contribution in [0.5, 0.6) is 0 Å². The lowest BCUT2D eigenvalue weighted by molar-refractivity contribution is -0.123. The number of amides is 1. The summed E-state index contributed by atoms with van der Waals surface area (Å²) in [5.74, 6) is 2.67. The molecule has 0 aromatic rings. The molecule has 0 radical (unpaired) electrons. The van der Waals surface area contributed by atoms with Gasteiger partial charge in [0.1, 0.15) is 0 Å². The van der Waals surface area contributed by atoms with E-state index in [0.717, 1.165) is 24.7 Å². The van der Waals surface area contributed by atoms with Crippen LogP contribution in [-0.2, 0) is 4.79 Å². The fourth-order valence-corrected chi connectivity index (χ4v) is 3.70. The van der Waals surface area contributed by atoms with Gasteiger partial charge in [0.25, 0.3) is 0 Å². The summed E-state index contributed by atoms with van der Waals surface area (Å²) in [7, 11) is 0. The van der Waals surface area contributed by atoms with Crippen molar-refractivity contribution in [1.82, 2.24) is 0 Å². The molecular weight excluding hydrogens is 270 g/mol. The molecule has 22 heavy (non-hydrogen) atoms. The van der Waals surface area contributed by atoms with E-state index in [1.165, 1.54) is 38.5 Å². The molecule has 132 valence electrons. The van der Waals surface area contributed by atoms with Gasteiger partial charge in [0.15, 0.2) is 0 Å². The first-order valence-corrected chi connectivity index (χ1v) is 9.59. The lowest BCUT2D eigenvalue weighted by Crippen LogP contribution is -2.27. The molecule has 2 nitrogen and oxygen atoms in total. The highest BCUT2D eigenvalue weighted by Crippen LogP contribution is 2.28. The van der Waals surface area contributed by atoms with Crippen molar-refractivity contribution in [3.63, 3.8) is 0 Å². The van der Waals surface area contributed by atoms with E-state index in [0.29, 0.717) is 11.8 Å². The number of carbonyl (C=O) groups excluding carboxylic acids is 1. The van der Waals surface area contributed by atoms with Crippen LogP contribution in [0.25, 0.3) is 0 Å². The maximum atomic E-state index is 11.8. The third-order valence-electron chi connectivity index (χ3n) is 5.13. The van der Waals surface area contributed by atoms with Crippen molar-refractivity contribution in [2.45, 2.75) is 92.9 Å². The van der Waals surface area contributed by atoms with Crippen LogP contribution >= 0.6 is 0 Å². The normalized spacial score (nSPS) is 18.5. The summed E-state index contributed by atoms with van der Waals surface area (Å²) in [6.45, 7) is 13.7. The lowest BCUT2D eigenvalue weighted by atomic mass is 9.81. The van der Waals surface area contributed by atoms with Gasteiger partial charge in [-0.1, -0.05) is 67.2 Å². The topological polar surface area (TPSA) is 43.1 Å². The summed E-state index contributed by atoms with van der Waals surface area (Å²) in [6, 6.07) is 0. The van der Waals surface area contributed by atoms with Crippen LogP contribution < -0.4 is 5.73 Å². The third-order valence-corrected chi connectivity index (χ3v) is 5.13. The second kappa shape index (κ2) is 12.0. The lowest BCUT2D eigenvalue weighted by Gasteiger charge is -2.24. The van der Waals surface area contributed by atoms with Crippen molar-refractivity contribution in [3.8, 4) is 0 Å². The van der Waals surface area contributed by atoms with Crippen LogP contribution in [0.4, 0.5) is 0 Å². The van der Waals surface area contributed by atoms with Crippen LogP contribution in [0.15, 0.2) is 0 Å². The van der Waals surface area contributed by atoms with Crippen molar-refractivity contribution in [1.29, 1.82) is 0 Å². The minimum absolute atomic E-state index is 0.0624. The fourth-order valence-electron chi connectivity index (χ4n) is 3.70. The average molecular weight is 312 g/mol. The van der Waals surface area contributed by atoms with E-state index < -0.39 is 0 Å². The van der Waals surface area contributed by atoms with Crippen molar-refractivity contribution in [3.05, 3.63) is 0 Å². The average Bonchev–Trinajstić information content (AvgIpc) is 2.43. The zero-order valence-corrected chi connectivity index (χ0v) is 16.0. The van der Waals surface area contributed by atoms with E-state index in [4.69, 9.17) is 5.73 Å². The van der Waals surface area contributed by atoms with Gasteiger partial charge in [-0.2, -0.15) is 0 Å².